The number of non-ortho nitro benzene ring substituents is 1. The molecule has 118 valence electrons. The third-order valence-corrected chi connectivity index (χ3v) is 3.59. The summed E-state index contributed by atoms with van der Waals surface area (Å²) in [4.78, 5) is 22.4. The summed E-state index contributed by atoms with van der Waals surface area (Å²) in [6.45, 7) is 0. The van der Waals surface area contributed by atoms with Crippen molar-refractivity contribution >= 4 is 16.5 Å². The molecule has 0 bridgehead atoms. The second kappa shape index (κ2) is 5.89. The smallest absolute Gasteiger partial charge is 0.267 e. The van der Waals surface area contributed by atoms with Gasteiger partial charge in [0.2, 0.25) is 0 Å². The number of nitriles is 1. The standard InChI is InChI=1S/C16H9FN4O3/c17-12-5-4-9(6-10(12)8-18)7-13-11-2-1-3-14(21(23)24)15(11)16(22)20-19-13/h1-6H,7H2,(H,20,22). The molecule has 0 radical (unpaired) electrons. The van der Waals surface area contributed by atoms with E-state index < -0.39 is 16.3 Å². The van der Waals surface area contributed by atoms with E-state index in [1.165, 1.54) is 30.3 Å². The summed E-state index contributed by atoms with van der Waals surface area (Å²) in [6.07, 6.45) is 0.184. The van der Waals surface area contributed by atoms with Crippen LogP contribution in [0.3, 0.4) is 0 Å². The Morgan fingerprint density at radius 3 is 2.83 bits per heavy atom. The van der Waals surface area contributed by atoms with E-state index in [1.807, 2.05) is 0 Å². The van der Waals surface area contributed by atoms with Gasteiger partial charge in [-0.3, -0.25) is 14.9 Å². The van der Waals surface area contributed by atoms with Gasteiger partial charge in [0, 0.05) is 17.9 Å². The van der Waals surface area contributed by atoms with Gasteiger partial charge in [0.15, 0.2) is 0 Å². The molecule has 1 aromatic heterocycles. The highest BCUT2D eigenvalue weighted by Gasteiger charge is 2.18. The van der Waals surface area contributed by atoms with Crippen molar-refractivity contribution in [2.45, 2.75) is 6.42 Å². The number of nitro groups is 1. The molecule has 0 spiro atoms. The summed E-state index contributed by atoms with van der Waals surface area (Å²) >= 11 is 0. The van der Waals surface area contributed by atoms with Crippen LogP contribution in [0.4, 0.5) is 10.1 Å². The Kier molecular flexibility index (Phi) is 3.75. The highest BCUT2D eigenvalue weighted by molar-refractivity contribution is 5.91. The SMILES string of the molecule is N#Cc1cc(Cc2n[nH]c(=O)c3c([N+](=O)[O-])cccc23)ccc1F. The van der Waals surface area contributed by atoms with Crippen molar-refractivity contribution in [3.05, 3.63) is 79.5 Å². The van der Waals surface area contributed by atoms with Crippen LogP contribution >= 0.6 is 0 Å². The molecule has 1 heterocycles. The van der Waals surface area contributed by atoms with Crippen LogP contribution in [0.25, 0.3) is 10.8 Å². The Morgan fingerprint density at radius 2 is 2.12 bits per heavy atom. The second-order valence-electron chi connectivity index (χ2n) is 5.06. The fourth-order valence-corrected chi connectivity index (χ4v) is 2.50. The fourth-order valence-electron chi connectivity index (χ4n) is 2.50. The highest BCUT2D eigenvalue weighted by atomic mass is 19.1. The molecular weight excluding hydrogens is 315 g/mol. The lowest BCUT2D eigenvalue weighted by atomic mass is 10.0. The van der Waals surface area contributed by atoms with Gasteiger partial charge in [-0.2, -0.15) is 10.4 Å². The maximum Gasteiger partial charge on any atom is 0.282 e. The first kappa shape index (κ1) is 15.3. The minimum atomic E-state index is -0.655. The molecule has 8 heteroatoms. The molecule has 0 aliphatic carbocycles. The number of H-pyrrole nitrogens is 1. The molecule has 0 atom stereocenters. The van der Waals surface area contributed by atoms with Gasteiger partial charge in [0.1, 0.15) is 17.3 Å². The van der Waals surface area contributed by atoms with Crippen molar-refractivity contribution in [2.75, 3.05) is 0 Å². The van der Waals surface area contributed by atoms with Crippen LogP contribution in [0.2, 0.25) is 0 Å². The molecule has 0 fully saturated rings. The summed E-state index contributed by atoms with van der Waals surface area (Å²) in [5, 5.41) is 26.5. The number of hydrogen-bond acceptors (Lipinski definition) is 5. The van der Waals surface area contributed by atoms with E-state index in [2.05, 4.69) is 10.2 Å². The van der Waals surface area contributed by atoms with E-state index in [-0.39, 0.29) is 23.1 Å². The van der Waals surface area contributed by atoms with Crippen molar-refractivity contribution in [2.24, 2.45) is 0 Å². The molecule has 7 nitrogen and oxygen atoms in total. The first-order valence-corrected chi connectivity index (χ1v) is 6.84. The maximum atomic E-state index is 13.4. The van der Waals surface area contributed by atoms with Crippen molar-refractivity contribution in [3.63, 3.8) is 0 Å². The molecule has 0 saturated carbocycles. The lowest BCUT2D eigenvalue weighted by molar-refractivity contribution is -0.383. The Balaban J connectivity index is 2.17. The molecular formula is C16H9FN4O3. The molecule has 2 aromatic carbocycles. The Morgan fingerprint density at radius 1 is 1.33 bits per heavy atom. The molecule has 0 aliphatic rings. The van der Waals surface area contributed by atoms with Crippen LogP contribution in [-0.4, -0.2) is 15.1 Å². The van der Waals surface area contributed by atoms with E-state index in [1.54, 1.807) is 12.1 Å². The Hall–Kier alpha value is -3.60. The second-order valence-corrected chi connectivity index (χ2v) is 5.06. The van der Waals surface area contributed by atoms with Crippen LogP contribution in [0.1, 0.15) is 16.8 Å². The molecule has 1 N–H and O–H groups in total. The van der Waals surface area contributed by atoms with Gasteiger partial charge < -0.3 is 0 Å². The van der Waals surface area contributed by atoms with Gasteiger partial charge in [-0.25, -0.2) is 9.49 Å². The largest absolute Gasteiger partial charge is 0.282 e. The average Bonchev–Trinajstić information content (AvgIpc) is 2.58. The van der Waals surface area contributed by atoms with Crippen molar-refractivity contribution in [1.29, 1.82) is 5.26 Å². The first-order valence-electron chi connectivity index (χ1n) is 6.84. The summed E-state index contributed by atoms with van der Waals surface area (Å²) in [6, 6.07) is 10.1. The summed E-state index contributed by atoms with van der Waals surface area (Å²) in [5.74, 6) is -0.629. The van der Waals surface area contributed by atoms with Gasteiger partial charge in [0.05, 0.1) is 16.2 Å². The number of halogens is 1. The van der Waals surface area contributed by atoms with E-state index in [0.717, 1.165) is 0 Å². The van der Waals surface area contributed by atoms with Gasteiger partial charge in [-0.05, 0) is 17.7 Å². The lowest BCUT2D eigenvalue weighted by Gasteiger charge is -2.06. The normalized spacial score (nSPS) is 10.5. The number of benzene rings is 2. The zero-order valence-electron chi connectivity index (χ0n) is 12.1. The topological polar surface area (TPSA) is 113 Å². The summed E-state index contributed by atoms with van der Waals surface area (Å²) in [7, 11) is 0. The minimum absolute atomic E-state index is 0.0601. The maximum absolute atomic E-state index is 13.4. The van der Waals surface area contributed by atoms with E-state index >= 15 is 0 Å². The highest BCUT2D eigenvalue weighted by Crippen LogP contribution is 2.25. The van der Waals surface area contributed by atoms with E-state index in [0.29, 0.717) is 16.6 Å². The number of rotatable bonds is 3. The Labute approximate surface area is 134 Å². The molecule has 0 aliphatic heterocycles. The average molecular weight is 324 g/mol. The van der Waals surface area contributed by atoms with Crippen molar-refractivity contribution < 1.29 is 9.31 Å². The molecule has 0 amide bonds. The van der Waals surface area contributed by atoms with Crippen molar-refractivity contribution in [1.82, 2.24) is 10.2 Å². The summed E-state index contributed by atoms with van der Waals surface area (Å²) in [5.41, 5.74) is -0.0802. The zero-order valence-corrected chi connectivity index (χ0v) is 12.1. The van der Waals surface area contributed by atoms with Gasteiger partial charge in [-0.1, -0.05) is 18.2 Å². The monoisotopic (exact) mass is 324 g/mol. The number of hydrogen-bond donors (Lipinski definition) is 1. The lowest BCUT2D eigenvalue weighted by Crippen LogP contribution is -2.13. The number of nitrogens with one attached hydrogen (secondary N) is 1. The Bertz CT molecular complexity index is 1070. The predicted molar refractivity (Wildman–Crippen MR) is 82.9 cm³/mol. The molecule has 3 rings (SSSR count). The number of nitrogens with zero attached hydrogens (tertiary/aromatic N) is 3. The number of nitro benzene ring substituents is 1. The predicted octanol–water partition coefficient (Wildman–Crippen LogP) is 2.43. The van der Waals surface area contributed by atoms with Crippen molar-refractivity contribution in [3.8, 4) is 6.07 Å². The third-order valence-electron chi connectivity index (χ3n) is 3.59. The van der Waals surface area contributed by atoms with E-state index in [4.69, 9.17) is 5.26 Å². The number of aromatic amines is 1. The van der Waals surface area contributed by atoms with Crippen LogP contribution < -0.4 is 5.56 Å². The van der Waals surface area contributed by atoms with Crippen LogP contribution in [0.5, 0.6) is 0 Å². The van der Waals surface area contributed by atoms with Crippen LogP contribution in [0.15, 0.2) is 41.2 Å². The van der Waals surface area contributed by atoms with Gasteiger partial charge in [-0.15, -0.1) is 0 Å². The summed E-state index contributed by atoms with van der Waals surface area (Å²) < 4.78 is 13.4. The molecule has 0 unspecified atom stereocenters. The first-order chi connectivity index (χ1) is 11.5. The van der Waals surface area contributed by atoms with Gasteiger partial charge in [0.25, 0.3) is 11.2 Å². The minimum Gasteiger partial charge on any atom is -0.267 e. The molecule has 24 heavy (non-hydrogen) atoms. The quantitative estimate of drug-likeness (QED) is 0.587. The van der Waals surface area contributed by atoms with Gasteiger partial charge >= 0.3 is 0 Å². The van der Waals surface area contributed by atoms with E-state index in [9.17, 15) is 19.3 Å². The van der Waals surface area contributed by atoms with Crippen LogP contribution in [0, 0.1) is 27.3 Å². The molecule has 0 saturated heterocycles. The number of aromatic nitrogens is 2. The van der Waals surface area contributed by atoms with Crippen LogP contribution in [-0.2, 0) is 6.42 Å². The third kappa shape index (κ3) is 2.59. The fraction of sp³-hybridized carbons (Fsp3) is 0.0625. The zero-order chi connectivity index (χ0) is 17.3. The number of fused-ring (bicyclic) bond motifs is 1. The molecule has 3 aromatic rings.